The van der Waals surface area contributed by atoms with Gasteiger partial charge in [-0.05, 0) is 115 Å². The topological polar surface area (TPSA) is 4.93 Å². The quantitative estimate of drug-likeness (QED) is 0.171. The molecule has 0 radical (unpaired) electrons. The predicted molar refractivity (Wildman–Crippen MR) is 240 cm³/mol. The van der Waals surface area contributed by atoms with Crippen LogP contribution in [0.4, 0.5) is 0 Å². The summed E-state index contributed by atoms with van der Waals surface area (Å²) in [7, 11) is 0. The maximum Gasteiger partial charge on any atom is 0.0541 e. The molecule has 0 fully saturated rings. The summed E-state index contributed by atoms with van der Waals surface area (Å²) in [6.07, 6.45) is 0. The smallest absolute Gasteiger partial charge is 0.0541 e. The van der Waals surface area contributed by atoms with Crippen LogP contribution < -0.4 is 0 Å². The molecule has 2 heterocycles. The lowest BCUT2D eigenvalue weighted by molar-refractivity contribution is 1.18. The van der Waals surface area contributed by atoms with E-state index in [1.54, 1.807) is 0 Å². The van der Waals surface area contributed by atoms with Gasteiger partial charge in [-0.15, -0.1) is 11.3 Å². The zero-order valence-electron chi connectivity index (χ0n) is 30.4. The maximum absolute atomic E-state index is 2.45. The molecule has 0 unspecified atom stereocenters. The monoisotopic (exact) mass is 727 g/mol. The van der Waals surface area contributed by atoms with Crippen LogP contribution in [0.3, 0.4) is 0 Å². The second-order valence-corrected chi connectivity index (χ2v) is 15.9. The predicted octanol–water partition coefficient (Wildman–Crippen LogP) is 15.5. The molecule has 2 heteroatoms. The minimum absolute atomic E-state index is 1.17. The van der Waals surface area contributed by atoms with Gasteiger partial charge in [0.2, 0.25) is 0 Å². The number of hydrogen-bond donors (Lipinski definition) is 0. The lowest BCUT2D eigenvalue weighted by atomic mass is 9.79. The van der Waals surface area contributed by atoms with Gasteiger partial charge in [-0.25, -0.2) is 0 Å². The Morgan fingerprint density at radius 3 is 1.55 bits per heavy atom. The Kier molecular flexibility index (Phi) is 6.87. The van der Waals surface area contributed by atoms with Gasteiger partial charge in [0.05, 0.1) is 11.0 Å². The van der Waals surface area contributed by atoms with E-state index in [9.17, 15) is 0 Å². The average Bonchev–Trinajstić information content (AvgIpc) is 3.82. The van der Waals surface area contributed by atoms with Gasteiger partial charge in [0.1, 0.15) is 0 Å². The Morgan fingerprint density at radius 2 is 0.786 bits per heavy atom. The number of rotatable bonds is 3. The molecule has 0 saturated heterocycles. The van der Waals surface area contributed by atoms with Crippen LogP contribution in [0.25, 0.3) is 114 Å². The standard InChI is InChI=1S/C54H33NS/c1-2-13-37(14-3-1)55-51-23-10-8-19-45(51)50-32-35(27-30-52(50)55)34-25-28-44-48(31-34)42-18-7-6-16-40(42)39-15-4-5-17-41(39)43-29-26-36(33-49(43)44)38-21-12-22-47-46-20-9-11-24-53(46)56-54(38)47/h1-33H. The molecule has 0 N–H and O–H groups in total. The fourth-order valence-corrected chi connectivity index (χ4v) is 10.5. The number of aromatic nitrogens is 1. The second kappa shape index (κ2) is 12.3. The van der Waals surface area contributed by atoms with Crippen molar-refractivity contribution < 1.29 is 0 Å². The fraction of sp³-hybridized carbons (Fsp3) is 0. The molecule has 0 saturated carbocycles. The highest BCUT2D eigenvalue weighted by molar-refractivity contribution is 7.26. The van der Waals surface area contributed by atoms with Crippen LogP contribution in [0.1, 0.15) is 0 Å². The summed E-state index contributed by atoms with van der Waals surface area (Å²) in [5.74, 6) is 0. The van der Waals surface area contributed by atoms with Crippen LogP contribution in [-0.2, 0) is 0 Å². The number of nitrogens with zero attached hydrogens (tertiary/aromatic N) is 1. The minimum atomic E-state index is 1.17. The van der Waals surface area contributed by atoms with E-state index in [1.807, 2.05) is 11.3 Å². The van der Waals surface area contributed by atoms with Crippen molar-refractivity contribution in [2.75, 3.05) is 0 Å². The second-order valence-electron chi connectivity index (χ2n) is 14.8. The van der Waals surface area contributed by atoms with Crippen molar-refractivity contribution in [2.24, 2.45) is 0 Å². The van der Waals surface area contributed by atoms with Gasteiger partial charge in [-0.1, -0.05) is 152 Å². The largest absolute Gasteiger partial charge is 0.309 e. The SMILES string of the molecule is c1ccc(-n2c3ccccc3c3cc(-c4ccc5c(c4)-c4ccccc4-c4ccccc4-c4ccc(-c6cccc7c6sc6ccccc67)cc4-5)ccc32)cc1. The summed E-state index contributed by atoms with van der Waals surface area (Å²) < 4.78 is 5.05. The molecule has 1 aliphatic rings. The van der Waals surface area contributed by atoms with Crippen molar-refractivity contribution in [1.29, 1.82) is 0 Å². The van der Waals surface area contributed by atoms with E-state index < -0.39 is 0 Å². The van der Waals surface area contributed by atoms with Crippen molar-refractivity contribution in [3.8, 4) is 72.4 Å². The Labute approximate surface area is 329 Å². The lowest BCUT2D eigenvalue weighted by Gasteiger charge is -2.24. The highest BCUT2D eigenvalue weighted by Gasteiger charge is 2.24. The molecule has 11 aromatic rings. The minimum Gasteiger partial charge on any atom is -0.309 e. The Balaban J connectivity index is 1.09. The molecule has 0 spiro atoms. The third-order valence-corrected chi connectivity index (χ3v) is 13.0. The molecule has 0 amide bonds. The zero-order valence-corrected chi connectivity index (χ0v) is 31.2. The van der Waals surface area contributed by atoms with E-state index in [0.717, 1.165) is 0 Å². The molecule has 2 aromatic heterocycles. The highest BCUT2D eigenvalue weighted by atomic mass is 32.1. The van der Waals surface area contributed by atoms with Crippen LogP contribution >= 0.6 is 11.3 Å². The first-order chi connectivity index (χ1) is 27.8. The summed E-state index contributed by atoms with van der Waals surface area (Å²) in [4.78, 5) is 0. The van der Waals surface area contributed by atoms with Crippen LogP contribution in [0, 0.1) is 0 Å². The number of benzene rings is 9. The molecule has 1 aliphatic carbocycles. The van der Waals surface area contributed by atoms with Gasteiger partial charge < -0.3 is 4.57 Å². The summed E-state index contributed by atoms with van der Waals surface area (Å²) in [6, 6.07) is 74.2. The number of fused-ring (bicyclic) bond motifs is 14. The van der Waals surface area contributed by atoms with Crippen molar-refractivity contribution >= 4 is 53.3 Å². The molecular weight excluding hydrogens is 695 g/mol. The van der Waals surface area contributed by atoms with Gasteiger partial charge in [0.15, 0.2) is 0 Å². The van der Waals surface area contributed by atoms with Crippen LogP contribution in [0.15, 0.2) is 200 Å². The van der Waals surface area contributed by atoms with E-state index in [-0.39, 0.29) is 0 Å². The molecular formula is C54H33NS. The first-order valence-corrected chi connectivity index (χ1v) is 20.1. The Bertz CT molecular complexity index is 3360. The van der Waals surface area contributed by atoms with E-state index in [2.05, 4.69) is 205 Å². The molecule has 260 valence electrons. The number of hydrogen-bond acceptors (Lipinski definition) is 1. The third kappa shape index (κ3) is 4.67. The summed E-state index contributed by atoms with van der Waals surface area (Å²) >= 11 is 1.89. The molecule has 56 heavy (non-hydrogen) atoms. The van der Waals surface area contributed by atoms with Gasteiger partial charge in [0.25, 0.3) is 0 Å². The van der Waals surface area contributed by atoms with Crippen molar-refractivity contribution in [3.63, 3.8) is 0 Å². The van der Waals surface area contributed by atoms with Gasteiger partial charge >= 0.3 is 0 Å². The first-order valence-electron chi connectivity index (χ1n) is 19.3. The number of para-hydroxylation sites is 2. The van der Waals surface area contributed by atoms with Crippen molar-refractivity contribution in [3.05, 3.63) is 200 Å². The molecule has 0 bridgehead atoms. The molecule has 1 nitrogen and oxygen atoms in total. The van der Waals surface area contributed by atoms with Gasteiger partial charge in [-0.3, -0.25) is 0 Å². The van der Waals surface area contributed by atoms with Gasteiger partial charge in [0, 0.05) is 36.6 Å². The van der Waals surface area contributed by atoms with Crippen LogP contribution in [-0.4, -0.2) is 4.57 Å². The van der Waals surface area contributed by atoms with Gasteiger partial charge in [-0.2, -0.15) is 0 Å². The van der Waals surface area contributed by atoms with Crippen LogP contribution in [0.5, 0.6) is 0 Å². The normalized spacial score (nSPS) is 11.9. The fourth-order valence-electron chi connectivity index (χ4n) is 9.24. The maximum atomic E-state index is 2.45. The van der Waals surface area contributed by atoms with Crippen molar-refractivity contribution in [1.82, 2.24) is 4.57 Å². The van der Waals surface area contributed by atoms with Crippen LogP contribution in [0.2, 0.25) is 0 Å². The Morgan fingerprint density at radius 1 is 0.286 bits per heavy atom. The summed E-state index contributed by atoms with van der Waals surface area (Å²) in [5.41, 5.74) is 18.6. The lowest BCUT2D eigenvalue weighted by Crippen LogP contribution is -1.98. The van der Waals surface area contributed by atoms with Crippen molar-refractivity contribution in [2.45, 2.75) is 0 Å². The molecule has 0 aliphatic heterocycles. The number of thiophene rings is 1. The molecule has 12 rings (SSSR count). The van der Waals surface area contributed by atoms with E-state index in [1.165, 1.54) is 114 Å². The summed E-state index contributed by atoms with van der Waals surface area (Å²) in [6.45, 7) is 0. The third-order valence-electron chi connectivity index (χ3n) is 11.8. The average molecular weight is 728 g/mol. The molecule has 0 atom stereocenters. The van der Waals surface area contributed by atoms with E-state index >= 15 is 0 Å². The highest BCUT2D eigenvalue weighted by Crippen LogP contribution is 2.50. The van der Waals surface area contributed by atoms with E-state index in [0.29, 0.717) is 0 Å². The molecule has 9 aromatic carbocycles. The Hall–Kier alpha value is -7.00. The first kappa shape index (κ1) is 31.4. The zero-order chi connectivity index (χ0) is 36.7. The summed E-state index contributed by atoms with van der Waals surface area (Å²) in [5, 5.41) is 5.17. The van der Waals surface area contributed by atoms with E-state index in [4.69, 9.17) is 0 Å².